The number of fused-ring (bicyclic) bond motifs is 1. The van der Waals surface area contributed by atoms with E-state index in [0.717, 1.165) is 23.2 Å². The zero-order valence-electron chi connectivity index (χ0n) is 14.1. The van der Waals surface area contributed by atoms with Crippen molar-refractivity contribution in [3.05, 3.63) is 63.6 Å². The highest BCUT2D eigenvalue weighted by atomic mass is 79.9. The van der Waals surface area contributed by atoms with Crippen molar-refractivity contribution in [2.24, 2.45) is 0 Å². The second kappa shape index (κ2) is 7.39. The molecule has 1 aliphatic rings. The Morgan fingerprint density at radius 2 is 2.00 bits per heavy atom. The maximum absolute atomic E-state index is 12.3. The SMILES string of the molecule is CCC(=O)N1CCc2ccc(OC)cc2C(c2ccc(Br)cc2)C1. The average molecular weight is 388 g/mol. The largest absolute Gasteiger partial charge is 0.497 e. The summed E-state index contributed by atoms with van der Waals surface area (Å²) in [7, 11) is 1.69. The number of benzene rings is 2. The van der Waals surface area contributed by atoms with E-state index in [9.17, 15) is 4.79 Å². The zero-order chi connectivity index (χ0) is 17.1. The third-order valence-corrected chi connectivity index (χ3v) is 5.24. The molecule has 0 aromatic heterocycles. The van der Waals surface area contributed by atoms with Crippen molar-refractivity contribution < 1.29 is 9.53 Å². The van der Waals surface area contributed by atoms with Gasteiger partial charge in [0.15, 0.2) is 0 Å². The molecule has 1 amide bonds. The van der Waals surface area contributed by atoms with E-state index in [2.05, 4.69) is 52.3 Å². The van der Waals surface area contributed by atoms with Crippen LogP contribution < -0.4 is 4.74 Å². The fourth-order valence-corrected chi connectivity index (χ4v) is 3.61. The van der Waals surface area contributed by atoms with Crippen LogP contribution in [0.25, 0.3) is 0 Å². The van der Waals surface area contributed by atoms with Gasteiger partial charge < -0.3 is 9.64 Å². The van der Waals surface area contributed by atoms with Gasteiger partial charge in [0.05, 0.1) is 7.11 Å². The van der Waals surface area contributed by atoms with E-state index in [-0.39, 0.29) is 11.8 Å². The summed E-state index contributed by atoms with van der Waals surface area (Å²) in [5, 5.41) is 0. The van der Waals surface area contributed by atoms with Crippen molar-refractivity contribution >= 4 is 21.8 Å². The van der Waals surface area contributed by atoms with E-state index in [4.69, 9.17) is 4.74 Å². The fourth-order valence-electron chi connectivity index (χ4n) is 3.35. The summed E-state index contributed by atoms with van der Waals surface area (Å²) >= 11 is 3.50. The lowest BCUT2D eigenvalue weighted by atomic mass is 9.88. The van der Waals surface area contributed by atoms with E-state index in [1.165, 1.54) is 16.7 Å². The van der Waals surface area contributed by atoms with Crippen LogP contribution >= 0.6 is 15.9 Å². The molecular weight excluding hydrogens is 366 g/mol. The summed E-state index contributed by atoms with van der Waals surface area (Å²) in [5.41, 5.74) is 3.79. The van der Waals surface area contributed by atoms with Crippen LogP contribution in [-0.4, -0.2) is 31.0 Å². The third-order valence-electron chi connectivity index (χ3n) is 4.71. The van der Waals surface area contributed by atoms with Gasteiger partial charge >= 0.3 is 0 Å². The molecule has 0 saturated carbocycles. The number of hydrogen-bond acceptors (Lipinski definition) is 2. The van der Waals surface area contributed by atoms with Crippen molar-refractivity contribution in [3.63, 3.8) is 0 Å². The van der Waals surface area contributed by atoms with Crippen LogP contribution in [0.1, 0.15) is 36.0 Å². The molecule has 1 atom stereocenters. The molecule has 0 fully saturated rings. The van der Waals surface area contributed by atoms with Crippen LogP contribution in [0.5, 0.6) is 5.75 Å². The van der Waals surface area contributed by atoms with E-state index >= 15 is 0 Å². The van der Waals surface area contributed by atoms with Crippen LogP contribution in [-0.2, 0) is 11.2 Å². The predicted octanol–water partition coefficient (Wildman–Crippen LogP) is 4.38. The van der Waals surface area contributed by atoms with Gasteiger partial charge in [0, 0.05) is 29.9 Å². The molecule has 4 heteroatoms. The van der Waals surface area contributed by atoms with Crippen molar-refractivity contribution in [1.29, 1.82) is 0 Å². The Kier molecular flexibility index (Phi) is 5.24. The second-order valence-corrected chi connectivity index (χ2v) is 7.03. The normalized spacial score (nSPS) is 17.1. The first-order valence-electron chi connectivity index (χ1n) is 8.32. The molecule has 1 heterocycles. The highest BCUT2D eigenvalue weighted by Gasteiger charge is 2.26. The summed E-state index contributed by atoms with van der Waals surface area (Å²) in [6.07, 6.45) is 1.44. The van der Waals surface area contributed by atoms with Crippen molar-refractivity contribution in [1.82, 2.24) is 4.90 Å². The smallest absolute Gasteiger partial charge is 0.222 e. The highest BCUT2D eigenvalue weighted by Crippen LogP contribution is 2.34. The molecule has 0 aliphatic carbocycles. The third kappa shape index (κ3) is 3.48. The summed E-state index contributed by atoms with van der Waals surface area (Å²) < 4.78 is 6.49. The Balaban J connectivity index is 2.06. The summed E-state index contributed by atoms with van der Waals surface area (Å²) in [4.78, 5) is 14.3. The topological polar surface area (TPSA) is 29.5 Å². The van der Waals surface area contributed by atoms with Gasteiger partial charge in [-0.15, -0.1) is 0 Å². The zero-order valence-corrected chi connectivity index (χ0v) is 15.7. The highest BCUT2D eigenvalue weighted by molar-refractivity contribution is 9.10. The molecule has 0 spiro atoms. The second-order valence-electron chi connectivity index (χ2n) is 6.11. The lowest BCUT2D eigenvalue weighted by Crippen LogP contribution is -2.34. The first kappa shape index (κ1) is 17.0. The fraction of sp³-hybridized carbons (Fsp3) is 0.350. The molecule has 24 heavy (non-hydrogen) atoms. The maximum atomic E-state index is 12.3. The molecule has 3 nitrogen and oxygen atoms in total. The molecule has 0 radical (unpaired) electrons. The Morgan fingerprint density at radius 3 is 2.67 bits per heavy atom. The van der Waals surface area contributed by atoms with E-state index in [1.54, 1.807) is 7.11 Å². The first-order valence-corrected chi connectivity index (χ1v) is 9.11. The number of amides is 1. The van der Waals surface area contributed by atoms with Crippen molar-refractivity contribution in [2.45, 2.75) is 25.7 Å². The van der Waals surface area contributed by atoms with Gasteiger partial charge in [-0.25, -0.2) is 0 Å². The number of ether oxygens (including phenoxy) is 1. The van der Waals surface area contributed by atoms with Gasteiger partial charge in [-0.1, -0.05) is 41.1 Å². The van der Waals surface area contributed by atoms with Gasteiger partial charge in [0.25, 0.3) is 0 Å². The molecule has 2 aromatic rings. The number of rotatable bonds is 3. The predicted molar refractivity (Wildman–Crippen MR) is 99.6 cm³/mol. The summed E-state index contributed by atoms with van der Waals surface area (Å²) in [6.45, 7) is 3.42. The van der Waals surface area contributed by atoms with Gasteiger partial charge in [-0.3, -0.25) is 4.79 Å². The van der Waals surface area contributed by atoms with E-state index < -0.39 is 0 Å². The molecule has 0 saturated heterocycles. The van der Waals surface area contributed by atoms with Gasteiger partial charge in [-0.2, -0.15) is 0 Å². The number of halogens is 1. The van der Waals surface area contributed by atoms with Crippen LogP contribution in [0.2, 0.25) is 0 Å². The standard InChI is InChI=1S/C20H22BrNO2/c1-3-20(23)22-11-10-15-6-9-17(24-2)12-18(15)19(13-22)14-4-7-16(21)8-5-14/h4-9,12,19H,3,10-11,13H2,1-2H3. The van der Waals surface area contributed by atoms with Gasteiger partial charge in [0.1, 0.15) is 5.75 Å². The number of carbonyl (C=O) groups excluding carboxylic acids is 1. The van der Waals surface area contributed by atoms with Crippen LogP contribution in [0.15, 0.2) is 46.9 Å². The molecule has 0 bridgehead atoms. The minimum Gasteiger partial charge on any atom is -0.497 e. The molecule has 1 aliphatic heterocycles. The van der Waals surface area contributed by atoms with Crippen LogP contribution in [0.4, 0.5) is 0 Å². The Bertz CT molecular complexity index is 727. The molecule has 0 N–H and O–H groups in total. The van der Waals surface area contributed by atoms with Crippen LogP contribution in [0.3, 0.4) is 0 Å². The lowest BCUT2D eigenvalue weighted by Gasteiger charge is -2.25. The lowest BCUT2D eigenvalue weighted by molar-refractivity contribution is -0.130. The number of hydrogen-bond donors (Lipinski definition) is 0. The average Bonchev–Trinajstić information content (AvgIpc) is 2.81. The van der Waals surface area contributed by atoms with Crippen molar-refractivity contribution in [2.75, 3.05) is 20.2 Å². The van der Waals surface area contributed by atoms with Gasteiger partial charge in [-0.05, 0) is 47.4 Å². The Labute approximate surface area is 151 Å². The number of carbonyl (C=O) groups is 1. The van der Waals surface area contributed by atoms with E-state index in [1.807, 2.05) is 17.9 Å². The molecule has 3 rings (SSSR count). The van der Waals surface area contributed by atoms with Crippen molar-refractivity contribution in [3.8, 4) is 5.75 Å². The summed E-state index contributed by atoms with van der Waals surface area (Å²) in [5.74, 6) is 1.25. The first-order chi connectivity index (χ1) is 11.6. The van der Waals surface area contributed by atoms with E-state index in [0.29, 0.717) is 13.0 Å². The number of nitrogens with zero attached hydrogens (tertiary/aromatic N) is 1. The molecular formula is C20H22BrNO2. The molecule has 2 aromatic carbocycles. The number of methoxy groups -OCH3 is 1. The van der Waals surface area contributed by atoms with Crippen LogP contribution in [0, 0.1) is 0 Å². The summed E-state index contributed by atoms with van der Waals surface area (Å²) in [6, 6.07) is 14.7. The Morgan fingerprint density at radius 1 is 1.25 bits per heavy atom. The maximum Gasteiger partial charge on any atom is 0.222 e. The molecule has 1 unspecified atom stereocenters. The minimum absolute atomic E-state index is 0.168. The minimum atomic E-state index is 0.168. The quantitative estimate of drug-likeness (QED) is 0.781. The Hall–Kier alpha value is -1.81. The van der Waals surface area contributed by atoms with Gasteiger partial charge in [0.2, 0.25) is 5.91 Å². The molecule has 126 valence electrons. The monoisotopic (exact) mass is 387 g/mol.